The molecule has 1 saturated heterocycles. The molecular formula is C27H26ClNO5. The second kappa shape index (κ2) is 9.29. The molecule has 1 aliphatic rings. The van der Waals surface area contributed by atoms with Crippen molar-refractivity contribution in [2.24, 2.45) is 0 Å². The van der Waals surface area contributed by atoms with Crippen LogP contribution in [0.3, 0.4) is 0 Å². The minimum absolute atomic E-state index is 0.103. The van der Waals surface area contributed by atoms with E-state index in [1.807, 2.05) is 48.5 Å². The molecule has 34 heavy (non-hydrogen) atoms. The molecule has 1 unspecified atom stereocenters. The van der Waals surface area contributed by atoms with E-state index in [4.69, 9.17) is 25.5 Å². The minimum Gasteiger partial charge on any atom is -0.507 e. The molecule has 176 valence electrons. The fourth-order valence-corrected chi connectivity index (χ4v) is 5.16. The van der Waals surface area contributed by atoms with Crippen LogP contribution in [0.1, 0.15) is 40.2 Å². The van der Waals surface area contributed by atoms with Crippen molar-refractivity contribution in [2.75, 3.05) is 32.9 Å². The van der Waals surface area contributed by atoms with Gasteiger partial charge in [0.05, 0.1) is 25.9 Å². The summed E-state index contributed by atoms with van der Waals surface area (Å²) < 4.78 is 17.2. The molecular weight excluding hydrogens is 454 g/mol. The second-order valence-electron chi connectivity index (χ2n) is 8.34. The molecule has 0 amide bonds. The molecule has 0 saturated carbocycles. The van der Waals surface area contributed by atoms with Gasteiger partial charge in [-0.1, -0.05) is 54.1 Å². The van der Waals surface area contributed by atoms with Crippen molar-refractivity contribution in [3.8, 4) is 5.75 Å². The van der Waals surface area contributed by atoms with Crippen LogP contribution in [-0.4, -0.2) is 48.9 Å². The van der Waals surface area contributed by atoms with Gasteiger partial charge >= 0.3 is 5.97 Å². The average Bonchev–Trinajstić information content (AvgIpc) is 3.20. The summed E-state index contributed by atoms with van der Waals surface area (Å²) in [6.07, 6.45) is 0. The molecule has 1 fully saturated rings. The Bertz CT molecular complexity index is 1370. The third-order valence-electron chi connectivity index (χ3n) is 6.40. The van der Waals surface area contributed by atoms with Crippen molar-refractivity contribution < 1.29 is 23.8 Å². The van der Waals surface area contributed by atoms with Gasteiger partial charge in [-0.3, -0.25) is 4.90 Å². The zero-order valence-corrected chi connectivity index (χ0v) is 19.9. The van der Waals surface area contributed by atoms with Gasteiger partial charge in [-0.15, -0.1) is 0 Å². The standard InChI is InChI=1S/C27H26ClNO5/c1-3-33-27(31)21-16(2)34-26-18-9-5-4-8-17(18)25(30)23(22(21)26)24(29-12-14-32-15-13-29)19-10-6-7-11-20(19)28/h4-11,24,30H,3,12-15H2,1-2H3. The van der Waals surface area contributed by atoms with Crippen LogP contribution in [0.4, 0.5) is 0 Å². The summed E-state index contributed by atoms with van der Waals surface area (Å²) in [5.41, 5.74) is 2.31. The fraction of sp³-hybridized carbons (Fsp3) is 0.296. The molecule has 6 nitrogen and oxygen atoms in total. The number of aryl methyl sites for hydroxylation is 1. The lowest BCUT2D eigenvalue weighted by Gasteiger charge is -2.36. The second-order valence-corrected chi connectivity index (χ2v) is 8.75. The molecule has 3 aromatic carbocycles. The number of fused-ring (bicyclic) bond motifs is 3. The summed E-state index contributed by atoms with van der Waals surface area (Å²) in [6, 6.07) is 14.7. The number of nitrogens with zero attached hydrogens (tertiary/aromatic N) is 1. The zero-order chi connectivity index (χ0) is 23.8. The first-order valence-corrected chi connectivity index (χ1v) is 11.8. The number of carbonyl (C=O) groups excluding carboxylic acids is 1. The van der Waals surface area contributed by atoms with Crippen molar-refractivity contribution in [1.82, 2.24) is 4.90 Å². The highest BCUT2D eigenvalue weighted by Gasteiger charge is 2.35. The molecule has 1 N–H and O–H groups in total. The summed E-state index contributed by atoms with van der Waals surface area (Å²) in [5, 5.41) is 14.3. The number of morpholine rings is 1. The summed E-state index contributed by atoms with van der Waals surface area (Å²) in [6.45, 7) is 6.17. The molecule has 5 rings (SSSR count). The molecule has 1 aliphatic heterocycles. The lowest BCUT2D eigenvalue weighted by Crippen LogP contribution is -2.39. The summed E-state index contributed by atoms with van der Waals surface area (Å²) in [5.74, 6) is 0.0748. The molecule has 0 radical (unpaired) electrons. The van der Waals surface area contributed by atoms with E-state index in [2.05, 4.69) is 4.90 Å². The van der Waals surface area contributed by atoms with Gasteiger partial charge in [-0.2, -0.15) is 0 Å². The summed E-state index contributed by atoms with van der Waals surface area (Å²) >= 11 is 6.71. The monoisotopic (exact) mass is 479 g/mol. The van der Waals surface area contributed by atoms with Crippen molar-refractivity contribution in [2.45, 2.75) is 19.9 Å². The molecule has 0 spiro atoms. The average molecular weight is 480 g/mol. The fourth-order valence-electron chi connectivity index (χ4n) is 4.93. The highest BCUT2D eigenvalue weighted by molar-refractivity contribution is 6.31. The van der Waals surface area contributed by atoms with Crippen LogP contribution in [0.2, 0.25) is 5.02 Å². The van der Waals surface area contributed by atoms with Crippen LogP contribution < -0.4 is 0 Å². The number of hydrogen-bond donors (Lipinski definition) is 1. The van der Waals surface area contributed by atoms with Crippen LogP contribution in [0, 0.1) is 6.92 Å². The Morgan fingerprint density at radius 2 is 1.79 bits per heavy atom. The number of ether oxygens (including phenoxy) is 2. The minimum atomic E-state index is -0.477. The molecule has 4 aromatic rings. The summed E-state index contributed by atoms with van der Waals surface area (Å²) in [4.78, 5) is 15.3. The van der Waals surface area contributed by atoms with E-state index in [0.29, 0.717) is 64.6 Å². The first-order valence-electron chi connectivity index (χ1n) is 11.4. The predicted octanol–water partition coefficient (Wildman–Crippen LogP) is 5.85. The van der Waals surface area contributed by atoms with Gasteiger partial charge in [0.1, 0.15) is 22.7 Å². The van der Waals surface area contributed by atoms with Gasteiger partial charge in [0.2, 0.25) is 0 Å². The molecule has 1 aromatic heterocycles. The number of halogens is 1. The van der Waals surface area contributed by atoms with E-state index in [0.717, 1.165) is 10.9 Å². The topological polar surface area (TPSA) is 72.1 Å². The number of hydrogen-bond acceptors (Lipinski definition) is 6. The number of aromatic hydroxyl groups is 1. The zero-order valence-electron chi connectivity index (χ0n) is 19.1. The Balaban J connectivity index is 1.91. The van der Waals surface area contributed by atoms with Gasteiger partial charge in [0.15, 0.2) is 0 Å². The van der Waals surface area contributed by atoms with Crippen molar-refractivity contribution in [3.63, 3.8) is 0 Å². The van der Waals surface area contributed by atoms with E-state index in [-0.39, 0.29) is 12.4 Å². The number of furan rings is 1. The van der Waals surface area contributed by atoms with Gasteiger partial charge in [-0.25, -0.2) is 4.79 Å². The van der Waals surface area contributed by atoms with Crippen molar-refractivity contribution in [1.29, 1.82) is 0 Å². The van der Waals surface area contributed by atoms with Crippen LogP contribution in [0.25, 0.3) is 21.7 Å². The lowest BCUT2D eigenvalue weighted by molar-refractivity contribution is 0.0238. The van der Waals surface area contributed by atoms with Gasteiger partial charge in [-0.05, 0) is 25.5 Å². The van der Waals surface area contributed by atoms with Crippen LogP contribution in [0.5, 0.6) is 5.75 Å². The largest absolute Gasteiger partial charge is 0.507 e. The summed E-state index contributed by atoms with van der Waals surface area (Å²) in [7, 11) is 0. The Morgan fingerprint density at radius 3 is 2.50 bits per heavy atom. The van der Waals surface area contributed by atoms with E-state index in [1.165, 1.54) is 0 Å². The van der Waals surface area contributed by atoms with Crippen LogP contribution in [0.15, 0.2) is 52.9 Å². The molecule has 1 atom stereocenters. The SMILES string of the molecule is CCOC(=O)c1c(C)oc2c1c(C(c1ccccc1Cl)N1CCOCC1)c(O)c1ccccc12. The maximum Gasteiger partial charge on any atom is 0.342 e. The smallest absolute Gasteiger partial charge is 0.342 e. The van der Waals surface area contributed by atoms with Gasteiger partial charge in [0, 0.05) is 39.8 Å². The van der Waals surface area contributed by atoms with Crippen LogP contribution in [-0.2, 0) is 9.47 Å². The molecule has 0 aliphatic carbocycles. The molecule has 2 heterocycles. The van der Waals surface area contributed by atoms with E-state index >= 15 is 0 Å². The normalized spacial score (nSPS) is 15.6. The Kier molecular flexibility index (Phi) is 6.21. The Labute approximate surface area is 202 Å². The van der Waals surface area contributed by atoms with Gasteiger partial charge < -0.3 is 19.0 Å². The molecule has 7 heteroatoms. The molecule has 0 bridgehead atoms. The first-order chi connectivity index (χ1) is 16.5. The lowest BCUT2D eigenvalue weighted by atomic mass is 9.88. The predicted molar refractivity (Wildman–Crippen MR) is 132 cm³/mol. The number of carbonyl (C=O) groups is 1. The number of phenolic OH excluding ortho intramolecular Hbond substituents is 1. The van der Waals surface area contributed by atoms with Crippen LogP contribution >= 0.6 is 11.6 Å². The van der Waals surface area contributed by atoms with Crippen molar-refractivity contribution >= 4 is 39.3 Å². The van der Waals surface area contributed by atoms with Crippen molar-refractivity contribution in [3.05, 3.63) is 76.0 Å². The van der Waals surface area contributed by atoms with E-state index in [9.17, 15) is 9.90 Å². The quantitative estimate of drug-likeness (QED) is 0.362. The highest BCUT2D eigenvalue weighted by Crippen LogP contribution is 2.48. The van der Waals surface area contributed by atoms with E-state index < -0.39 is 12.0 Å². The van der Waals surface area contributed by atoms with E-state index in [1.54, 1.807) is 13.8 Å². The van der Waals surface area contributed by atoms with Gasteiger partial charge in [0.25, 0.3) is 0 Å². The Hall–Kier alpha value is -3.06. The number of phenols is 1. The number of benzene rings is 3. The first kappa shape index (κ1) is 22.7. The number of esters is 1. The Morgan fingerprint density at radius 1 is 1.12 bits per heavy atom. The third-order valence-corrected chi connectivity index (χ3v) is 6.74. The maximum atomic E-state index is 13.1. The maximum absolute atomic E-state index is 13.1. The number of rotatable bonds is 5. The highest BCUT2D eigenvalue weighted by atomic mass is 35.5. The third kappa shape index (κ3) is 3.72.